The summed E-state index contributed by atoms with van der Waals surface area (Å²) in [7, 11) is -2.23. The van der Waals surface area contributed by atoms with E-state index in [9.17, 15) is 13.2 Å². The lowest BCUT2D eigenvalue weighted by molar-refractivity contribution is -0.113. The minimum Gasteiger partial charge on any atom is -0.495 e. The van der Waals surface area contributed by atoms with Gasteiger partial charge in [0.25, 0.3) is 0 Å². The first-order valence-electron chi connectivity index (χ1n) is 9.99. The van der Waals surface area contributed by atoms with E-state index < -0.39 is 10.0 Å². The Balaban J connectivity index is 1.74. The number of carbonyl (C=O) groups is 1. The predicted octanol–water partition coefficient (Wildman–Crippen LogP) is 4.22. The van der Waals surface area contributed by atoms with Crippen LogP contribution in [0.3, 0.4) is 0 Å². The van der Waals surface area contributed by atoms with Crippen LogP contribution in [-0.4, -0.2) is 44.6 Å². The molecule has 0 radical (unpaired) electrons. The van der Waals surface area contributed by atoms with Gasteiger partial charge in [0.05, 0.1) is 12.9 Å². The number of amides is 1. The third-order valence-electron chi connectivity index (χ3n) is 5.08. The fourth-order valence-electron chi connectivity index (χ4n) is 3.40. The molecule has 6 nitrogen and oxygen atoms in total. The second-order valence-electron chi connectivity index (χ2n) is 7.44. The van der Waals surface area contributed by atoms with Crippen molar-refractivity contribution in [2.24, 2.45) is 0 Å². The van der Waals surface area contributed by atoms with Crippen LogP contribution in [0.5, 0.6) is 5.75 Å². The Bertz CT molecular complexity index is 1020. The van der Waals surface area contributed by atoms with Crippen molar-refractivity contribution in [2.45, 2.75) is 42.9 Å². The number of hydrogen-bond donors (Lipinski definition) is 1. The highest BCUT2D eigenvalue weighted by Crippen LogP contribution is 2.31. The molecule has 0 aromatic heterocycles. The van der Waals surface area contributed by atoms with Gasteiger partial charge in [-0.3, -0.25) is 4.79 Å². The number of rotatable bonds is 7. The molecule has 0 aliphatic carbocycles. The minimum absolute atomic E-state index is 0.0897. The number of piperidine rings is 1. The number of carbonyl (C=O) groups excluding carboxylic acids is 1. The monoisotopic (exact) mass is 448 g/mol. The molecular formula is C22H28N2O4S2. The van der Waals surface area contributed by atoms with Gasteiger partial charge in [0.1, 0.15) is 10.6 Å². The number of nitrogens with zero attached hydrogens (tertiary/aromatic N) is 1. The first-order valence-corrected chi connectivity index (χ1v) is 12.4. The summed E-state index contributed by atoms with van der Waals surface area (Å²) in [5.41, 5.74) is 2.71. The van der Waals surface area contributed by atoms with E-state index in [1.807, 2.05) is 26.0 Å². The normalized spacial score (nSPS) is 15.0. The molecule has 1 amide bonds. The maximum absolute atomic E-state index is 13.1. The van der Waals surface area contributed by atoms with Gasteiger partial charge in [-0.25, -0.2) is 8.42 Å². The van der Waals surface area contributed by atoms with Gasteiger partial charge in [-0.1, -0.05) is 24.1 Å². The minimum atomic E-state index is -3.68. The molecule has 0 bridgehead atoms. The van der Waals surface area contributed by atoms with Gasteiger partial charge < -0.3 is 10.1 Å². The summed E-state index contributed by atoms with van der Waals surface area (Å²) in [6.45, 7) is 5.05. The van der Waals surface area contributed by atoms with Crippen LogP contribution in [0.25, 0.3) is 0 Å². The van der Waals surface area contributed by atoms with E-state index in [4.69, 9.17) is 4.74 Å². The second kappa shape index (κ2) is 9.85. The number of hydrogen-bond acceptors (Lipinski definition) is 5. The lowest BCUT2D eigenvalue weighted by atomic mass is 10.2. The second-order valence-corrected chi connectivity index (χ2v) is 10.4. The quantitative estimate of drug-likeness (QED) is 0.642. The molecule has 0 atom stereocenters. The van der Waals surface area contributed by atoms with Gasteiger partial charge in [-0.05, 0) is 56.5 Å². The number of sulfonamides is 1. The lowest BCUT2D eigenvalue weighted by Gasteiger charge is -2.26. The van der Waals surface area contributed by atoms with Gasteiger partial charge >= 0.3 is 0 Å². The summed E-state index contributed by atoms with van der Waals surface area (Å²) in [4.78, 5) is 13.6. The van der Waals surface area contributed by atoms with Gasteiger partial charge in [-0.15, -0.1) is 11.8 Å². The van der Waals surface area contributed by atoms with Crippen LogP contribution >= 0.6 is 11.8 Å². The smallest absolute Gasteiger partial charge is 0.246 e. The van der Waals surface area contributed by atoms with Crippen LogP contribution in [0, 0.1) is 13.8 Å². The van der Waals surface area contributed by atoms with Crippen molar-refractivity contribution in [1.29, 1.82) is 0 Å². The van der Waals surface area contributed by atoms with E-state index in [-0.39, 0.29) is 22.3 Å². The molecule has 1 aliphatic rings. The molecule has 162 valence electrons. The predicted molar refractivity (Wildman–Crippen MR) is 121 cm³/mol. The van der Waals surface area contributed by atoms with Crippen molar-refractivity contribution in [3.05, 3.63) is 47.5 Å². The molecule has 2 aromatic carbocycles. The molecule has 1 saturated heterocycles. The maximum Gasteiger partial charge on any atom is 0.246 e. The Hall–Kier alpha value is -2.03. The van der Waals surface area contributed by atoms with E-state index in [1.54, 1.807) is 12.1 Å². The Morgan fingerprint density at radius 2 is 1.83 bits per heavy atom. The molecule has 0 unspecified atom stereocenters. The molecule has 1 fully saturated rings. The van der Waals surface area contributed by atoms with Crippen LogP contribution in [0.1, 0.15) is 30.4 Å². The molecule has 1 aliphatic heterocycles. The zero-order valence-electron chi connectivity index (χ0n) is 17.6. The highest BCUT2D eigenvalue weighted by molar-refractivity contribution is 8.00. The van der Waals surface area contributed by atoms with E-state index in [2.05, 4.69) is 11.4 Å². The summed E-state index contributed by atoms with van der Waals surface area (Å²) in [6, 6.07) is 10.9. The number of aryl methyl sites for hydroxylation is 2. The highest BCUT2D eigenvalue weighted by atomic mass is 32.2. The average Bonchev–Trinajstić information content (AvgIpc) is 2.75. The van der Waals surface area contributed by atoms with E-state index in [0.717, 1.165) is 35.3 Å². The highest BCUT2D eigenvalue weighted by Gasteiger charge is 2.29. The fraction of sp³-hybridized carbons (Fsp3) is 0.409. The topological polar surface area (TPSA) is 75.7 Å². The maximum atomic E-state index is 13.1. The molecule has 2 aromatic rings. The zero-order valence-corrected chi connectivity index (χ0v) is 19.2. The summed E-state index contributed by atoms with van der Waals surface area (Å²) in [6.07, 6.45) is 2.75. The lowest BCUT2D eigenvalue weighted by Crippen LogP contribution is -2.35. The molecule has 1 N–H and O–H groups in total. The van der Waals surface area contributed by atoms with Crippen LogP contribution in [0.15, 0.2) is 46.2 Å². The van der Waals surface area contributed by atoms with Crippen LogP contribution < -0.4 is 10.1 Å². The molecule has 3 rings (SSSR count). The summed E-state index contributed by atoms with van der Waals surface area (Å²) < 4.78 is 33.0. The molecule has 1 heterocycles. The van der Waals surface area contributed by atoms with Gasteiger partial charge in [-0.2, -0.15) is 4.31 Å². The SMILES string of the molecule is COc1ccc(NC(=O)CSc2cc(C)ccc2C)cc1S(=O)(=O)N1CCCCC1. The average molecular weight is 449 g/mol. The molecule has 0 spiro atoms. The first-order chi connectivity index (χ1) is 14.3. The van der Waals surface area contributed by atoms with Crippen molar-refractivity contribution < 1.29 is 17.9 Å². The van der Waals surface area contributed by atoms with Crippen molar-refractivity contribution in [3.8, 4) is 5.75 Å². The Kier molecular flexibility index (Phi) is 7.44. The van der Waals surface area contributed by atoms with E-state index in [1.165, 1.54) is 29.2 Å². The molecule has 8 heteroatoms. The summed E-state index contributed by atoms with van der Waals surface area (Å²) in [5, 5.41) is 2.81. The van der Waals surface area contributed by atoms with Crippen molar-refractivity contribution in [1.82, 2.24) is 4.31 Å². The van der Waals surface area contributed by atoms with E-state index >= 15 is 0 Å². The number of ether oxygens (including phenoxy) is 1. The Labute approximate surface area is 183 Å². The van der Waals surface area contributed by atoms with E-state index in [0.29, 0.717) is 18.8 Å². The van der Waals surface area contributed by atoms with Crippen LogP contribution in [0.2, 0.25) is 0 Å². The Morgan fingerprint density at radius 1 is 1.10 bits per heavy atom. The summed E-state index contributed by atoms with van der Waals surface area (Å²) in [5.74, 6) is 0.334. The largest absolute Gasteiger partial charge is 0.495 e. The fourth-order valence-corrected chi connectivity index (χ4v) is 6.03. The van der Waals surface area contributed by atoms with Gasteiger partial charge in [0, 0.05) is 23.7 Å². The molecule has 0 saturated carbocycles. The van der Waals surface area contributed by atoms with Gasteiger partial charge in [0.2, 0.25) is 15.9 Å². The molecule has 30 heavy (non-hydrogen) atoms. The number of benzene rings is 2. The number of thioether (sulfide) groups is 1. The number of nitrogens with one attached hydrogen (secondary N) is 1. The Morgan fingerprint density at radius 3 is 2.53 bits per heavy atom. The van der Waals surface area contributed by atoms with Crippen LogP contribution in [0.4, 0.5) is 5.69 Å². The number of methoxy groups -OCH3 is 1. The molecular weight excluding hydrogens is 420 g/mol. The van der Waals surface area contributed by atoms with Crippen LogP contribution in [-0.2, 0) is 14.8 Å². The van der Waals surface area contributed by atoms with Crippen molar-refractivity contribution in [3.63, 3.8) is 0 Å². The number of anilines is 1. The third-order valence-corrected chi connectivity index (χ3v) is 8.16. The standard InChI is InChI=1S/C22H28N2O4S2/c1-16-7-8-17(2)20(13-16)29-15-22(25)23-18-9-10-19(28-3)21(14-18)30(26,27)24-11-5-4-6-12-24/h7-10,13-14H,4-6,11-12,15H2,1-3H3,(H,23,25). The third kappa shape index (κ3) is 5.36. The summed E-state index contributed by atoms with van der Waals surface area (Å²) >= 11 is 1.47. The van der Waals surface area contributed by atoms with Gasteiger partial charge in [0.15, 0.2) is 0 Å². The van der Waals surface area contributed by atoms with Crippen molar-refractivity contribution >= 4 is 33.4 Å². The zero-order chi connectivity index (χ0) is 21.7. The first kappa shape index (κ1) is 22.7. The van der Waals surface area contributed by atoms with Crippen molar-refractivity contribution in [2.75, 3.05) is 31.3 Å².